The van der Waals surface area contributed by atoms with Crippen molar-refractivity contribution in [3.8, 4) is 0 Å². The number of hydrogen-bond acceptors (Lipinski definition) is 4. The van der Waals surface area contributed by atoms with Crippen LogP contribution in [0.1, 0.15) is 0 Å². The molecule has 4 N–H and O–H groups in total. The van der Waals surface area contributed by atoms with Crippen LogP contribution in [-0.4, -0.2) is 38.4 Å². The van der Waals surface area contributed by atoms with Crippen LogP contribution >= 0.6 is 0 Å². The molecule has 7 heteroatoms. The van der Waals surface area contributed by atoms with Crippen LogP contribution < -0.4 is 11.5 Å². The molecule has 12 heavy (non-hydrogen) atoms. The van der Waals surface area contributed by atoms with Gasteiger partial charge in [-0.25, -0.2) is 0 Å². The first-order chi connectivity index (χ1) is 5.54. The Balaban J connectivity index is 0.000000261. The first kappa shape index (κ1) is 11.2. The van der Waals surface area contributed by atoms with Crippen molar-refractivity contribution in [3.05, 3.63) is 12.5 Å². The number of halogens is 2. The fraction of sp³-hybridized carbons (Fsp3) is 0.400. The van der Waals surface area contributed by atoms with Crippen molar-refractivity contribution in [2.24, 2.45) is 11.5 Å². The van der Waals surface area contributed by atoms with E-state index in [-0.39, 0.29) is 6.73 Å². The van der Waals surface area contributed by atoms with Gasteiger partial charge in [-0.15, -0.1) is 0 Å². The molecule has 0 atom stereocenters. The van der Waals surface area contributed by atoms with Crippen molar-refractivity contribution < 1.29 is 13.5 Å². The normalized spacial score (nSPS) is 13.8. The molecule has 1 aliphatic heterocycles. The van der Waals surface area contributed by atoms with Gasteiger partial charge in [-0.1, -0.05) is 0 Å². The molecule has 1 rings (SSSR count). The van der Waals surface area contributed by atoms with Crippen LogP contribution in [-0.2, 0) is 4.74 Å². The monoisotopic (exact) mass is 245 g/mol. The molecule has 0 aromatic rings. The Morgan fingerprint density at radius 3 is 2.25 bits per heavy atom. The molecule has 0 bridgehead atoms. The van der Waals surface area contributed by atoms with Crippen LogP contribution in [0.2, 0.25) is 0 Å². The zero-order chi connectivity index (χ0) is 9.56. The van der Waals surface area contributed by atoms with Gasteiger partial charge in [-0.3, -0.25) is 4.90 Å². The molecule has 0 spiro atoms. The predicted octanol–water partition coefficient (Wildman–Crippen LogP) is -0.870. The van der Waals surface area contributed by atoms with Crippen molar-refractivity contribution >= 4 is 20.2 Å². The van der Waals surface area contributed by atoms with Crippen LogP contribution in [0.25, 0.3) is 0 Å². The molecule has 0 fully saturated rings. The summed E-state index contributed by atoms with van der Waals surface area (Å²) in [7, 11) is 0. The minimum absolute atomic E-state index is 0.0301. The Morgan fingerprint density at radius 1 is 1.58 bits per heavy atom. The van der Waals surface area contributed by atoms with Gasteiger partial charge in [0.15, 0.2) is 6.73 Å². The molecule has 0 aromatic carbocycles. The van der Waals surface area contributed by atoms with E-state index in [1.807, 2.05) is 0 Å². The van der Waals surface area contributed by atoms with Crippen molar-refractivity contribution in [2.45, 2.75) is 6.55 Å². The third-order valence-electron chi connectivity index (χ3n) is 0.823. The van der Waals surface area contributed by atoms with Crippen LogP contribution in [0.5, 0.6) is 0 Å². The van der Waals surface area contributed by atoms with Crippen LogP contribution in [0, 0.1) is 0 Å². The Hall–Kier alpha value is -0.811. The van der Waals surface area contributed by atoms with Gasteiger partial charge in [0.1, 0.15) is 6.26 Å². The maximum atomic E-state index is 11.5. The molecule has 0 aliphatic carbocycles. The van der Waals surface area contributed by atoms with Crippen molar-refractivity contribution in [2.75, 3.05) is 6.73 Å². The SMILES string of the molecule is FC(F)N1C=COC1.NC(N)=[Se]. The Kier molecular flexibility index (Phi) is 5.40. The van der Waals surface area contributed by atoms with E-state index in [4.69, 9.17) is 11.5 Å². The summed E-state index contributed by atoms with van der Waals surface area (Å²) in [5.74, 6) is 0. The van der Waals surface area contributed by atoms with E-state index in [9.17, 15) is 8.78 Å². The average Bonchev–Trinajstić information content (AvgIpc) is 2.34. The standard InChI is InChI=1S/C4H5F2NO.CH4N2Se/c5-4(6)7-1-2-8-3-7;2-1(3)4/h1-2,4H,3H2;(H4,2,3,4). The molecule has 0 unspecified atom stereocenters. The summed E-state index contributed by atoms with van der Waals surface area (Å²) < 4.78 is 27.8. The predicted molar refractivity (Wildman–Crippen MR) is 42.1 cm³/mol. The molecule has 0 amide bonds. The topological polar surface area (TPSA) is 64.5 Å². The maximum absolute atomic E-state index is 11.5. The summed E-state index contributed by atoms with van der Waals surface area (Å²) in [6.45, 7) is -2.47. The fourth-order valence-electron chi connectivity index (χ4n) is 0.415. The van der Waals surface area contributed by atoms with E-state index < -0.39 is 6.55 Å². The summed E-state index contributed by atoms with van der Waals surface area (Å²) >= 11 is 2.38. The van der Waals surface area contributed by atoms with Crippen molar-refractivity contribution in [3.63, 3.8) is 0 Å². The molecule has 0 radical (unpaired) electrons. The second kappa shape index (κ2) is 5.79. The zero-order valence-corrected chi connectivity index (χ0v) is 7.83. The molecule has 0 aromatic heterocycles. The molecule has 0 saturated heterocycles. The van der Waals surface area contributed by atoms with E-state index >= 15 is 0 Å². The van der Waals surface area contributed by atoms with Gasteiger partial charge >= 0.3 is 38.3 Å². The number of nitrogens with zero attached hydrogens (tertiary/aromatic N) is 1. The number of nitrogens with two attached hydrogens (primary N) is 2. The van der Waals surface area contributed by atoms with Gasteiger partial charge in [0, 0.05) is 6.20 Å². The van der Waals surface area contributed by atoms with E-state index in [1.54, 1.807) is 0 Å². The van der Waals surface area contributed by atoms with Crippen LogP contribution in [0.15, 0.2) is 12.5 Å². The Labute approximate surface area is 76.5 Å². The molecule has 70 valence electrons. The van der Waals surface area contributed by atoms with Gasteiger partial charge in [0.05, 0.1) is 0 Å². The van der Waals surface area contributed by atoms with E-state index in [2.05, 4.69) is 20.3 Å². The Morgan fingerprint density at radius 2 is 2.08 bits per heavy atom. The van der Waals surface area contributed by atoms with Gasteiger partial charge in [-0.2, -0.15) is 8.78 Å². The summed E-state index contributed by atoms with van der Waals surface area (Å²) in [6, 6.07) is 0. The quantitative estimate of drug-likeness (QED) is 0.465. The molecule has 1 aliphatic rings. The number of ether oxygens (including phenoxy) is 1. The summed E-state index contributed by atoms with van der Waals surface area (Å²) in [6.07, 6.45) is 2.46. The summed E-state index contributed by atoms with van der Waals surface area (Å²) in [5, 5.41) is 0. The second-order valence-electron chi connectivity index (χ2n) is 1.78. The third-order valence-corrected chi connectivity index (χ3v) is 0.823. The fourth-order valence-corrected chi connectivity index (χ4v) is 0.415. The summed E-state index contributed by atoms with van der Waals surface area (Å²) in [4.78, 5) is 0.792. The first-order valence-corrected chi connectivity index (χ1v) is 3.76. The number of rotatable bonds is 1. The van der Waals surface area contributed by atoms with Gasteiger partial charge in [0.25, 0.3) is 0 Å². The van der Waals surface area contributed by atoms with Crippen molar-refractivity contribution in [1.82, 2.24) is 4.90 Å². The Bertz CT molecular complexity index is 172. The van der Waals surface area contributed by atoms with Gasteiger partial charge in [0.2, 0.25) is 0 Å². The molecule has 4 nitrogen and oxygen atoms in total. The van der Waals surface area contributed by atoms with E-state index in [0.717, 1.165) is 4.90 Å². The molecule has 1 heterocycles. The molecule has 0 saturated carbocycles. The van der Waals surface area contributed by atoms with Crippen LogP contribution in [0.3, 0.4) is 0 Å². The number of alkyl halides is 2. The molecular weight excluding hydrogens is 235 g/mol. The van der Waals surface area contributed by atoms with E-state index in [0.29, 0.717) is 4.67 Å². The molecular formula is C5H9F2N3OSe. The first-order valence-electron chi connectivity index (χ1n) is 2.91. The summed E-state index contributed by atoms with van der Waals surface area (Å²) in [5.41, 5.74) is 9.50. The number of hydrogen-bond donors (Lipinski definition) is 2. The zero-order valence-electron chi connectivity index (χ0n) is 6.11. The average molecular weight is 244 g/mol. The van der Waals surface area contributed by atoms with Crippen molar-refractivity contribution in [1.29, 1.82) is 0 Å². The van der Waals surface area contributed by atoms with Gasteiger partial charge in [-0.05, 0) is 0 Å². The van der Waals surface area contributed by atoms with E-state index in [1.165, 1.54) is 12.5 Å². The van der Waals surface area contributed by atoms with Crippen LogP contribution in [0.4, 0.5) is 8.78 Å². The third kappa shape index (κ3) is 5.94. The minimum atomic E-state index is -2.44. The van der Waals surface area contributed by atoms with Gasteiger partial charge < -0.3 is 4.74 Å². The second-order valence-corrected chi connectivity index (χ2v) is 2.76.